The number of para-hydroxylation sites is 1. The Bertz CT molecular complexity index is 807. The number of phenolic OH excluding ortho intramolecular Hbond substituents is 1. The average Bonchev–Trinajstić information content (AvgIpc) is 2.42. The number of hydrogen-bond acceptors (Lipinski definition) is 5. The van der Waals surface area contributed by atoms with Crippen molar-refractivity contribution in [3.8, 4) is 5.75 Å². The van der Waals surface area contributed by atoms with E-state index in [1.165, 1.54) is 30.3 Å². The molecule has 0 aliphatic carbocycles. The molecule has 0 aromatic heterocycles. The van der Waals surface area contributed by atoms with Crippen LogP contribution in [-0.4, -0.2) is 18.4 Å². The third kappa shape index (κ3) is 3.23. The summed E-state index contributed by atoms with van der Waals surface area (Å²) in [6.07, 6.45) is 0. The van der Waals surface area contributed by atoms with E-state index in [2.05, 4.69) is 4.72 Å². The zero-order chi connectivity index (χ0) is 15.6. The monoisotopic (exact) mass is 328 g/mol. The van der Waals surface area contributed by atoms with Crippen LogP contribution in [0.3, 0.4) is 0 Å². The van der Waals surface area contributed by atoms with Crippen LogP contribution in [-0.2, 0) is 10.0 Å². The summed E-state index contributed by atoms with van der Waals surface area (Å²) in [5.74, 6) is -0.346. The number of hydrogen-bond donors (Lipinski definition) is 2. The molecule has 21 heavy (non-hydrogen) atoms. The summed E-state index contributed by atoms with van der Waals surface area (Å²) < 4.78 is 26.5. The summed E-state index contributed by atoms with van der Waals surface area (Å²) in [6, 6.07) is 8.67. The van der Waals surface area contributed by atoms with Gasteiger partial charge in [0, 0.05) is 11.1 Å². The average molecular weight is 329 g/mol. The van der Waals surface area contributed by atoms with E-state index in [-0.39, 0.29) is 16.5 Å². The van der Waals surface area contributed by atoms with Crippen molar-refractivity contribution >= 4 is 33.0 Å². The Morgan fingerprint density at radius 3 is 2.52 bits per heavy atom. The molecule has 0 saturated heterocycles. The van der Waals surface area contributed by atoms with Crippen molar-refractivity contribution in [3.05, 3.63) is 57.6 Å². The van der Waals surface area contributed by atoms with Gasteiger partial charge in [-0.05, 0) is 24.3 Å². The second-order valence-electron chi connectivity index (χ2n) is 3.99. The van der Waals surface area contributed by atoms with Gasteiger partial charge in [0.05, 0.1) is 10.6 Å². The van der Waals surface area contributed by atoms with Crippen molar-refractivity contribution in [1.29, 1.82) is 0 Å². The Labute approximate surface area is 125 Å². The number of nitro groups is 1. The first-order valence-electron chi connectivity index (χ1n) is 5.56. The number of nitrogens with one attached hydrogen (secondary N) is 1. The van der Waals surface area contributed by atoms with Gasteiger partial charge in [0.15, 0.2) is 4.90 Å². The van der Waals surface area contributed by atoms with Crippen LogP contribution in [0.25, 0.3) is 0 Å². The van der Waals surface area contributed by atoms with E-state index in [9.17, 15) is 23.6 Å². The molecule has 0 spiro atoms. The van der Waals surface area contributed by atoms with Gasteiger partial charge in [0.25, 0.3) is 15.7 Å². The predicted octanol–water partition coefficient (Wildman–Crippen LogP) is 2.75. The van der Waals surface area contributed by atoms with Crippen LogP contribution >= 0.6 is 11.6 Å². The van der Waals surface area contributed by atoms with Gasteiger partial charge in [0.1, 0.15) is 5.75 Å². The Hall–Kier alpha value is -2.32. The van der Waals surface area contributed by atoms with E-state index in [0.717, 1.165) is 12.1 Å². The summed E-state index contributed by atoms with van der Waals surface area (Å²) in [4.78, 5) is 9.58. The van der Waals surface area contributed by atoms with Crippen LogP contribution in [0, 0.1) is 10.1 Å². The second kappa shape index (κ2) is 5.58. The largest absolute Gasteiger partial charge is 0.506 e. The smallest absolute Gasteiger partial charge is 0.289 e. The molecule has 0 saturated carbocycles. The lowest BCUT2D eigenvalue weighted by Gasteiger charge is -2.10. The van der Waals surface area contributed by atoms with Crippen molar-refractivity contribution in [1.82, 2.24) is 0 Å². The minimum Gasteiger partial charge on any atom is -0.506 e. The molecule has 2 aromatic rings. The van der Waals surface area contributed by atoms with Gasteiger partial charge in [-0.25, -0.2) is 8.42 Å². The zero-order valence-electron chi connectivity index (χ0n) is 10.4. The molecule has 9 heteroatoms. The van der Waals surface area contributed by atoms with E-state index in [1.807, 2.05) is 0 Å². The number of aromatic hydroxyl groups is 1. The van der Waals surface area contributed by atoms with Crippen LogP contribution in [0.5, 0.6) is 5.75 Å². The highest BCUT2D eigenvalue weighted by atomic mass is 35.5. The first-order chi connectivity index (χ1) is 9.81. The summed E-state index contributed by atoms with van der Waals surface area (Å²) in [7, 11) is -4.24. The van der Waals surface area contributed by atoms with E-state index in [1.54, 1.807) is 0 Å². The molecular formula is C12H9ClN2O5S. The van der Waals surface area contributed by atoms with Gasteiger partial charge in [0.2, 0.25) is 0 Å². The Morgan fingerprint density at radius 1 is 1.19 bits per heavy atom. The summed E-state index contributed by atoms with van der Waals surface area (Å²) in [5.41, 5.74) is -0.729. The quantitative estimate of drug-likeness (QED) is 0.509. The maximum absolute atomic E-state index is 12.2. The normalized spacial score (nSPS) is 11.1. The molecule has 0 radical (unpaired) electrons. The van der Waals surface area contributed by atoms with E-state index >= 15 is 0 Å². The van der Waals surface area contributed by atoms with Gasteiger partial charge in [-0.2, -0.15) is 0 Å². The number of sulfonamides is 1. The van der Waals surface area contributed by atoms with Crippen molar-refractivity contribution in [2.75, 3.05) is 4.72 Å². The zero-order valence-corrected chi connectivity index (χ0v) is 11.9. The van der Waals surface area contributed by atoms with E-state index in [0.29, 0.717) is 0 Å². The maximum atomic E-state index is 12.2. The van der Waals surface area contributed by atoms with Crippen molar-refractivity contribution in [3.63, 3.8) is 0 Å². The summed E-state index contributed by atoms with van der Waals surface area (Å²) in [5, 5.41) is 20.7. The van der Waals surface area contributed by atoms with Crippen LogP contribution in [0.15, 0.2) is 47.4 Å². The maximum Gasteiger partial charge on any atom is 0.289 e. The minimum atomic E-state index is -4.24. The highest BCUT2D eigenvalue weighted by Crippen LogP contribution is 2.31. The Kier molecular flexibility index (Phi) is 4.01. The first-order valence-corrected chi connectivity index (χ1v) is 7.42. The predicted molar refractivity (Wildman–Crippen MR) is 77.0 cm³/mol. The molecule has 110 valence electrons. The molecule has 0 amide bonds. The van der Waals surface area contributed by atoms with Crippen LogP contribution in [0.4, 0.5) is 11.4 Å². The number of nitrogens with zero attached hydrogens (tertiary/aromatic N) is 1. The topological polar surface area (TPSA) is 110 Å². The lowest BCUT2D eigenvalue weighted by molar-refractivity contribution is -0.387. The van der Waals surface area contributed by atoms with Gasteiger partial charge >= 0.3 is 0 Å². The molecule has 0 bridgehead atoms. The van der Waals surface area contributed by atoms with Gasteiger partial charge in [-0.1, -0.05) is 23.7 Å². The fourth-order valence-electron chi connectivity index (χ4n) is 1.62. The van der Waals surface area contributed by atoms with Crippen LogP contribution < -0.4 is 4.72 Å². The van der Waals surface area contributed by atoms with Crippen LogP contribution in [0.1, 0.15) is 0 Å². The van der Waals surface area contributed by atoms with Gasteiger partial charge in [-0.15, -0.1) is 0 Å². The molecule has 7 nitrogen and oxygen atoms in total. The lowest BCUT2D eigenvalue weighted by atomic mass is 10.3. The third-order valence-electron chi connectivity index (χ3n) is 2.55. The molecule has 0 aliphatic rings. The number of phenols is 1. The van der Waals surface area contributed by atoms with Crippen LogP contribution in [0.2, 0.25) is 5.02 Å². The van der Waals surface area contributed by atoms with Crippen molar-refractivity contribution in [2.24, 2.45) is 0 Å². The summed E-state index contributed by atoms with van der Waals surface area (Å²) >= 11 is 5.72. The molecule has 0 aliphatic heterocycles. The number of rotatable bonds is 4. The number of benzene rings is 2. The standard InChI is InChI=1S/C12H9ClN2O5S/c13-8-5-6-11(16)9(7-8)14-21(19,20)12-4-2-1-3-10(12)15(17)18/h1-7,14,16H. The third-order valence-corrected chi connectivity index (χ3v) is 4.20. The fraction of sp³-hybridized carbons (Fsp3) is 0. The molecule has 0 atom stereocenters. The van der Waals surface area contributed by atoms with E-state index in [4.69, 9.17) is 11.6 Å². The van der Waals surface area contributed by atoms with Crippen molar-refractivity contribution in [2.45, 2.75) is 4.90 Å². The number of halogens is 1. The Morgan fingerprint density at radius 2 is 1.86 bits per heavy atom. The molecule has 0 unspecified atom stereocenters. The van der Waals surface area contributed by atoms with E-state index < -0.39 is 25.5 Å². The fourth-order valence-corrected chi connectivity index (χ4v) is 3.04. The lowest BCUT2D eigenvalue weighted by Crippen LogP contribution is -2.14. The molecule has 2 N–H and O–H groups in total. The number of nitro benzene ring substituents is 1. The van der Waals surface area contributed by atoms with Gasteiger partial charge < -0.3 is 5.11 Å². The molecular weight excluding hydrogens is 320 g/mol. The molecule has 0 heterocycles. The SMILES string of the molecule is O=[N+]([O-])c1ccccc1S(=O)(=O)Nc1cc(Cl)ccc1O. The molecule has 2 aromatic carbocycles. The Balaban J connectivity index is 2.49. The molecule has 0 fully saturated rings. The highest BCUT2D eigenvalue weighted by Gasteiger charge is 2.25. The first kappa shape index (κ1) is 15.1. The van der Waals surface area contributed by atoms with Gasteiger partial charge in [-0.3, -0.25) is 14.8 Å². The van der Waals surface area contributed by atoms with Crippen molar-refractivity contribution < 1.29 is 18.4 Å². The summed E-state index contributed by atoms with van der Waals surface area (Å²) in [6.45, 7) is 0. The second-order valence-corrected chi connectivity index (χ2v) is 6.08. The minimum absolute atomic E-state index is 0.166. The molecule has 2 rings (SSSR count). The number of anilines is 1. The highest BCUT2D eigenvalue weighted by molar-refractivity contribution is 7.92.